The summed E-state index contributed by atoms with van der Waals surface area (Å²) in [5.41, 5.74) is 0.298. The van der Waals surface area contributed by atoms with Gasteiger partial charge in [0.1, 0.15) is 0 Å². The molecule has 0 spiro atoms. The number of halogens is 1. The van der Waals surface area contributed by atoms with Crippen molar-refractivity contribution in [1.82, 2.24) is 15.5 Å². The summed E-state index contributed by atoms with van der Waals surface area (Å²) in [6.45, 7) is 2.01. The average Bonchev–Trinajstić information content (AvgIpc) is 2.99. The Labute approximate surface area is 134 Å². The van der Waals surface area contributed by atoms with E-state index in [1.54, 1.807) is 0 Å². The number of hydrogen-bond acceptors (Lipinski definition) is 6. The van der Waals surface area contributed by atoms with Gasteiger partial charge in [-0.1, -0.05) is 5.16 Å². The molecule has 0 saturated carbocycles. The Kier molecular flexibility index (Phi) is 5.81. The van der Waals surface area contributed by atoms with Crippen LogP contribution in [0.4, 0.5) is 4.39 Å². The molecule has 7 heteroatoms. The zero-order valence-corrected chi connectivity index (χ0v) is 13.4. The molecule has 1 N–H and O–H groups in total. The fourth-order valence-electron chi connectivity index (χ4n) is 2.06. The van der Waals surface area contributed by atoms with Gasteiger partial charge in [-0.2, -0.15) is 4.98 Å². The van der Waals surface area contributed by atoms with E-state index in [0.717, 1.165) is 0 Å². The Morgan fingerprint density at radius 1 is 1.48 bits per heavy atom. The van der Waals surface area contributed by atoms with Crippen LogP contribution in [-0.2, 0) is 12.8 Å². The number of nitrogens with zero attached hydrogens (tertiary/aromatic N) is 2. The van der Waals surface area contributed by atoms with Crippen molar-refractivity contribution >= 4 is 5.78 Å². The largest absolute Gasteiger partial charge is 0.494 e. The van der Waals surface area contributed by atoms with E-state index >= 15 is 0 Å². The highest BCUT2D eigenvalue weighted by molar-refractivity contribution is 5.96. The molecule has 2 aromatic rings. The third-order valence-corrected chi connectivity index (χ3v) is 3.53. The molecule has 0 saturated heterocycles. The van der Waals surface area contributed by atoms with Crippen LogP contribution < -0.4 is 10.1 Å². The van der Waals surface area contributed by atoms with Gasteiger partial charge in [0.25, 0.3) is 0 Å². The quantitative estimate of drug-likeness (QED) is 0.751. The van der Waals surface area contributed by atoms with Crippen LogP contribution >= 0.6 is 0 Å². The lowest BCUT2D eigenvalue weighted by atomic mass is 10.1. The number of ether oxygens (including phenoxy) is 1. The molecule has 0 aliphatic carbocycles. The first kappa shape index (κ1) is 17.1. The molecule has 2 rings (SSSR count). The second-order valence-corrected chi connectivity index (χ2v) is 5.27. The van der Waals surface area contributed by atoms with E-state index in [1.807, 2.05) is 14.0 Å². The molecule has 0 aliphatic rings. The van der Waals surface area contributed by atoms with Gasteiger partial charge in [-0.25, -0.2) is 4.39 Å². The number of methoxy groups -OCH3 is 1. The summed E-state index contributed by atoms with van der Waals surface area (Å²) in [6.07, 6.45) is 1.15. The first-order chi connectivity index (χ1) is 11.0. The molecule has 1 atom stereocenters. The number of carbonyl (C=O) groups is 1. The number of rotatable bonds is 8. The van der Waals surface area contributed by atoms with Crippen LogP contribution in [-0.4, -0.2) is 36.1 Å². The highest BCUT2D eigenvalue weighted by Crippen LogP contribution is 2.19. The van der Waals surface area contributed by atoms with E-state index in [4.69, 9.17) is 9.26 Å². The number of carbonyl (C=O) groups excluding carboxylic acids is 1. The van der Waals surface area contributed by atoms with Gasteiger partial charge in [0.2, 0.25) is 5.89 Å². The summed E-state index contributed by atoms with van der Waals surface area (Å²) in [6, 6.07) is 4.39. The minimum Gasteiger partial charge on any atom is -0.494 e. The second-order valence-electron chi connectivity index (χ2n) is 5.27. The molecule has 0 amide bonds. The smallest absolute Gasteiger partial charge is 0.227 e. The Balaban J connectivity index is 1.93. The molecule has 1 heterocycles. The molecule has 0 bridgehead atoms. The molecule has 6 nitrogen and oxygen atoms in total. The number of hydrogen-bond donors (Lipinski definition) is 1. The maximum atomic E-state index is 13.6. The molecule has 0 aliphatic heterocycles. The van der Waals surface area contributed by atoms with Gasteiger partial charge in [0.05, 0.1) is 7.11 Å². The lowest BCUT2D eigenvalue weighted by molar-refractivity contribution is 0.0979. The SMILES string of the molecule is CNC(C)Cc1noc(CCC(=O)c2ccc(OC)c(F)c2)n1. The van der Waals surface area contributed by atoms with Crippen LogP contribution in [0.2, 0.25) is 0 Å². The highest BCUT2D eigenvalue weighted by Gasteiger charge is 2.14. The highest BCUT2D eigenvalue weighted by atomic mass is 19.1. The van der Waals surface area contributed by atoms with E-state index in [0.29, 0.717) is 30.1 Å². The zero-order valence-electron chi connectivity index (χ0n) is 13.4. The van der Waals surface area contributed by atoms with Gasteiger partial charge >= 0.3 is 0 Å². The van der Waals surface area contributed by atoms with Crippen LogP contribution in [0.5, 0.6) is 5.75 Å². The van der Waals surface area contributed by atoms with Crippen LogP contribution in [0.1, 0.15) is 35.4 Å². The molecule has 1 aromatic heterocycles. The number of Topliss-reactive ketones (excluding diaryl/α,β-unsaturated/α-hetero) is 1. The average molecular weight is 321 g/mol. The topological polar surface area (TPSA) is 77.2 Å². The summed E-state index contributed by atoms with van der Waals surface area (Å²) in [5, 5.41) is 6.97. The fourth-order valence-corrected chi connectivity index (χ4v) is 2.06. The van der Waals surface area contributed by atoms with Crippen molar-refractivity contribution in [3.63, 3.8) is 0 Å². The first-order valence-corrected chi connectivity index (χ1v) is 7.39. The standard InChI is InChI=1S/C16H20FN3O3/c1-10(18-2)8-15-19-16(23-20-15)7-5-13(21)11-4-6-14(22-3)12(17)9-11/h4,6,9-10,18H,5,7-8H2,1-3H3. The fraction of sp³-hybridized carbons (Fsp3) is 0.438. The zero-order chi connectivity index (χ0) is 16.8. The maximum absolute atomic E-state index is 13.6. The number of benzene rings is 1. The van der Waals surface area contributed by atoms with Crippen molar-refractivity contribution in [1.29, 1.82) is 0 Å². The predicted molar refractivity (Wildman–Crippen MR) is 82.1 cm³/mol. The Morgan fingerprint density at radius 3 is 2.91 bits per heavy atom. The molecule has 0 radical (unpaired) electrons. The Morgan fingerprint density at radius 2 is 2.26 bits per heavy atom. The van der Waals surface area contributed by atoms with Crippen molar-refractivity contribution in [3.05, 3.63) is 41.3 Å². The summed E-state index contributed by atoms with van der Waals surface area (Å²) < 4.78 is 23.6. The lowest BCUT2D eigenvalue weighted by Crippen LogP contribution is -2.24. The number of likely N-dealkylation sites (N-methyl/N-ethyl adjacent to an activating group) is 1. The maximum Gasteiger partial charge on any atom is 0.227 e. The van der Waals surface area contributed by atoms with E-state index in [-0.39, 0.29) is 24.0 Å². The van der Waals surface area contributed by atoms with E-state index in [1.165, 1.54) is 25.3 Å². The molecule has 1 aromatic carbocycles. The third-order valence-electron chi connectivity index (χ3n) is 3.53. The predicted octanol–water partition coefficient (Wildman–Crippen LogP) is 2.18. The third kappa shape index (κ3) is 4.59. The van der Waals surface area contributed by atoms with Gasteiger partial charge in [-0.15, -0.1) is 0 Å². The molecule has 0 fully saturated rings. The van der Waals surface area contributed by atoms with Crippen LogP contribution in [0.3, 0.4) is 0 Å². The number of ketones is 1. The minimum atomic E-state index is -0.556. The van der Waals surface area contributed by atoms with Crippen molar-refractivity contribution in [2.75, 3.05) is 14.2 Å². The van der Waals surface area contributed by atoms with Gasteiger partial charge in [-0.05, 0) is 32.2 Å². The summed E-state index contributed by atoms with van der Waals surface area (Å²) in [7, 11) is 3.24. The Bertz CT molecular complexity index is 672. The van der Waals surface area contributed by atoms with Crippen molar-refractivity contribution in [3.8, 4) is 5.75 Å². The lowest BCUT2D eigenvalue weighted by Gasteiger charge is -2.04. The first-order valence-electron chi connectivity index (χ1n) is 7.39. The molecule has 1 unspecified atom stereocenters. The Hall–Kier alpha value is -2.28. The van der Waals surface area contributed by atoms with Crippen LogP contribution in [0, 0.1) is 5.82 Å². The molecular formula is C16H20FN3O3. The van der Waals surface area contributed by atoms with E-state index in [2.05, 4.69) is 15.5 Å². The van der Waals surface area contributed by atoms with Crippen LogP contribution in [0.15, 0.2) is 22.7 Å². The van der Waals surface area contributed by atoms with Gasteiger partial charge in [0.15, 0.2) is 23.2 Å². The minimum absolute atomic E-state index is 0.113. The summed E-state index contributed by atoms with van der Waals surface area (Å²) >= 11 is 0. The monoisotopic (exact) mass is 321 g/mol. The van der Waals surface area contributed by atoms with Crippen LogP contribution in [0.25, 0.3) is 0 Å². The number of aryl methyl sites for hydroxylation is 1. The number of aromatic nitrogens is 2. The van der Waals surface area contributed by atoms with Crippen molar-refractivity contribution in [2.45, 2.75) is 32.2 Å². The molecule has 23 heavy (non-hydrogen) atoms. The van der Waals surface area contributed by atoms with Crippen molar-refractivity contribution in [2.24, 2.45) is 0 Å². The van der Waals surface area contributed by atoms with E-state index in [9.17, 15) is 9.18 Å². The van der Waals surface area contributed by atoms with E-state index < -0.39 is 5.82 Å². The summed E-state index contributed by atoms with van der Waals surface area (Å²) in [5.74, 6) is 0.381. The second kappa shape index (κ2) is 7.82. The number of nitrogens with one attached hydrogen (secondary N) is 1. The van der Waals surface area contributed by atoms with Gasteiger partial charge in [0, 0.05) is 30.9 Å². The normalized spacial score (nSPS) is 12.2. The molecule has 124 valence electrons. The van der Waals surface area contributed by atoms with Gasteiger partial charge < -0.3 is 14.6 Å². The molecular weight excluding hydrogens is 301 g/mol. The van der Waals surface area contributed by atoms with Crippen molar-refractivity contribution < 1.29 is 18.4 Å². The van der Waals surface area contributed by atoms with Gasteiger partial charge in [-0.3, -0.25) is 4.79 Å². The summed E-state index contributed by atoms with van der Waals surface area (Å²) in [4.78, 5) is 16.3.